The van der Waals surface area contributed by atoms with E-state index < -0.39 is 201 Å². The van der Waals surface area contributed by atoms with Crippen LogP contribution in [0.4, 0.5) is 0 Å². The molecule has 31 N–H and O–H groups in total. The lowest BCUT2D eigenvalue weighted by atomic mass is 10.1. The smallest absolute Gasteiger partial charge is 0.328 e. The van der Waals surface area contributed by atoms with Gasteiger partial charge in [-0.3, -0.25) is 77.3 Å². The van der Waals surface area contributed by atoms with E-state index in [-0.39, 0.29) is 88.2 Å². The molecule has 0 bridgehead atoms. The van der Waals surface area contributed by atoms with E-state index in [2.05, 4.69) is 62.8 Å². The molecule has 0 aromatic heterocycles. The minimum absolute atomic E-state index is 0.0335. The predicted octanol–water partition coefficient (Wildman–Crippen LogP) is -11.6. The highest BCUT2D eigenvalue weighted by molar-refractivity contribution is 7.98. The van der Waals surface area contributed by atoms with E-state index >= 15 is 0 Å². The Labute approximate surface area is 524 Å². The van der Waals surface area contributed by atoms with Crippen molar-refractivity contribution in [1.29, 1.82) is 0 Å². The molecule has 0 fully saturated rings. The molecule has 0 aromatic carbocycles. The van der Waals surface area contributed by atoms with Crippen molar-refractivity contribution in [2.24, 2.45) is 55.1 Å². The standard InChI is InChI=1S/C49H86N20O21S/c1-22(72)36(46(89)90)69-32(73)19-60-38(81)27(9-11-33(74)75)65-40(83)25(7-4-15-58-48(53)54)64-44(87)30(20-70)67-41(84)26(8-5-16-59-49(55)56)62-39(82)24(6-3-14-57-47(51)52)63-43(86)29(13-17-91-2)66-45(88)31(21-71)68-42(85)28(10-12-34(76)77)61-37(80)23(50)18-35(78)79/h22-31,36,70-72H,3-21,50H2,1-2H3,(H,60,81)(H,61,80)(H,62,82)(H,63,86)(H,64,87)(H,65,83)(H,66,88)(H,67,84)(H,68,85)(H,69,73)(H,74,75)(H,76,77)(H,78,79)(H,89,90)(H4,51,52,57)(H4,53,54,58)(H4,55,56,59)/t22-,23+,24+,25+,26+,27+,28+,29+,30+,31+,36+/m1/s1. The van der Waals surface area contributed by atoms with Gasteiger partial charge >= 0.3 is 23.9 Å². The molecule has 0 aliphatic heterocycles. The summed E-state index contributed by atoms with van der Waals surface area (Å²) in [4.78, 5) is 193. The zero-order chi connectivity index (χ0) is 69.5. The topological polar surface area (TPSA) is 720 Å². The fraction of sp³-hybridized carbons (Fsp3) is 0.653. The van der Waals surface area contributed by atoms with E-state index in [1.54, 1.807) is 6.26 Å². The van der Waals surface area contributed by atoms with Gasteiger partial charge in [-0.15, -0.1) is 0 Å². The number of aliphatic carboxylic acids is 4. The van der Waals surface area contributed by atoms with E-state index in [4.69, 9.17) is 45.2 Å². The lowest BCUT2D eigenvalue weighted by Gasteiger charge is -2.28. The second-order valence-electron chi connectivity index (χ2n) is 19.9. The Balaban J connectivity index is 7.06. The number of aliphatic imine (C=N–C) groups is 3. The molecule has 11 atom stereocenters. The van der Waals surface area contributed by atoms with Crippen LogP contribution in [0.5, 0.6) is 0 Å². The second kappa shape index (κ2) is 44.1. The number of nitrogens with two attached hydrogens (primary N) is 7. The molecular formula is C49H86N20O21S. The van der Waals surface area contributed by atoms with Crippen LogP contribution in [0.2, 0.25) is 0 Å². The molecule has 514 valence electrons. The molecule has 0 saturated carbocycles. The molecule has 10 amide bonds. The summed E-state index contributed by atoms with van der Waals surface area (Å²) in [5, 5.41) is 89.8. The van der Waals surface area contributed by atoms with Crippen LogP contribution in [0, 0.1) is 0 Å². The number of carbonyl (C=O) groups excluding carboxylic acids is 10. The third-order valence-electron chi connectivity index (χ3n) is 12.4. The quantitative estimate of drug-likeness (QED) is 0.0153. The summed E-state index contributed by atoms with van der Waals surface area (Å²) in [6.07, 6.45) is -4.73. The molecule has 0 saturated heterocycles. The average Bonchev–Trinajstić information content (AvgIpc) is 2.34. The van der Waals surface area contributed by atoms with Crippen LogP contribution in [0.25, 0.3) is 0 Å². The van der Waals surface area contributed by atoms with Crippen molar-refractivity contribution < 1.29 is 103 Å². The first kappa shape index (κ1) is 81.6. The van der Waals surface area contributed by atoms with Crippen molar-refractivity contribution in [3.63, 3.8) is 0 Å². The Morgan fingerprint density at radius 2 is 0.736 bits per heavy atom. The largest absolute Gasteiger partial charge is 0.481 e. The normalized spacial score (nSPS) is 14.4. The number of nitrogens with one attached hydrogen (secondary N) is 10. The molecule has 0 rings (SSSR count). The summed E-state index contributed by atoms with van der Waals surface area (Å²) < 4.78 is 0. The van der Waals surface area contributed by atoms with Crippen molar-refractivity contribution in [2.45, 2.75) is 150 Å². The number of nitrogens with zero attached hydrogens (tertiary/aromatic N) is 3. The van der Waals surface area contributed by atoms with Gasteiger partial charge in [0.1, 0.15) is 48.3 Å². The Kier molecular flexibility index (Phi) is 39.5. The number of rotatable bonds is 47. The van der Waals surface area contributed by atoms with Crippen molar-refractivity contribution in [3.8, 4) is 0 Å². The number of hydrogen-bond acceptors (Lipinski definition) is 22. The van der Waals surface area contributed by atoms with Gasteiger partial charge in [0.05, 0.1) is 38.3 Å². The van der Waals surface area contributed by atoms with E-state index in [0.29, 0.717) is 0 Å². The summed E-state index contributed by atoms with van der Waals surface area (Å²) in [6, 6.07) is -17.3. The van der Waals surface area contributed by atoms with Gasteiger partial charge in [0, 0.05) is 32.5 Å². The van der Waals surface area contributed by atoms with Crippen LogP contribution in [0.1, 0.15) is 84.0 Å². The minimum Gasteiger partial charge on any atom is -0.481 e. The number of aliphatic hydroxyl groups is 3. The number of thioether (sulfide) groups is 1. The Morgan fingerprint density at radius 3 is 1.03 bits per heavy atom. The fourth-order valence-electron chi connectivity index (χ4n) is 7.65. The van der Waals surface area contributed by atoms with E-state index in [0.717, 1.165) is 6.92 Å². The molecule has 0 aliphatic carbocycles. The van der Waals surface area contributed by atoms with Crippen LogP contribution in [-0.2, 0) is 67.1 Å². The number of carboxylic acid groups (broad SMARTS) is 4. The van der Waals surface area contributed by atoms with Gasteiger partial charge in [-0.1, -0.05) is 0 Å². The lowest BCUT2D eigenvalue weighted by molar-refractivity contribution is -0.144. The highest BCUT2D eigenvalue weighted by atomic mass is 32.2. The third kappa shape index (κ3) is 35.4. The Morgan fingerprint density at radius 1 is 0.429 bits per heavy atom. The summed E-state index contributed by atoms with van der Waals surface area (Å²) in [6.45, 7) is -2.57. The van der Waals surface area contributed by atoms with Gasteiger partial charge < -0.3 is 129 Å². The van der Waals surface area contributed by atoms with E-state index in [9.17, 15) is 97.8 Å². The number of guanidine groups is 3. The van der Waals surface area contributed by atoms with Gasteiger partial charge in [0.25, 0.3) is 0 Å². The minimum atomic E-state index is -1.95. The summed E-state index contributed by atoms with van der Waals surface area (Å²) in [5.74, 6) is -18.4. The van der Waals surface area contributed by atoms with Crippen molar-refractivity contribution in [3.05, 3.63) is 0 Å². The molecule has 42 heteroatoms. The van der Waals surface area contributed by atoms with E-state index in [1.807, 2.05) is 5.32 Å². The molecule has 0 aromatic rings. The zero-order valence-corrected chi connectivity index (χ0v) is 50.7. The van der Waals surface area contributed by atoms with Gasteiger partial charge in [-0.2, -0.15) is 11.8 Å². The SMILES string of the molecule is CSCC[C@H](NC(=O)[C@H](CO)NC(=O)[C@H](CCC(=O)O)NC(=O)[C@@H](N)CC(=O)O)C(=O)N[C@@H](CCCN=C(N)N)C(=O)N[C@@H](CCCN=C(N)N)C(=O)N[C@@H](CO)C(=O)N[C@@H](CCCN=C(N)N)C(=O)N[C@@H](CCC(=O)O)C(=O)NCC(=O)N[C@H](C(=O)O)[C@@H](C)O. The first-order chi connectivity index (χ1) is 42.7. The highest BCUT2D eigenvalue weighted by Gasteiger charge is 2.36. The summed E-state index contributed by atoms with van der Waals surface area (Å²) in [7, 11) is 0. The van der Waals surface area contributed by atoms with Crippen molar-refractivity contribution >= 4 is 113 Å². The first-order valence-corrected chi connectivity index (χ1v) is 29.3. The van der Waals surface area contributed by atoms with Crippen LogP contribution in [-0.4, -0.2) is 254 Å². The molecule has 0 heterocycles. The number of carbonyl (C=O) groups is 14. The Hall–Kier alpha value is -9.42. The molecule has 0 spiro atoms. The molecule has 91 heavy (non-hydrogen) atoms. The maximum absolute atomic E-state index is 14.3. The summed E-state index contributed by atoms with van der Waals surface area (Å²) in [5.41, 5.74) is 38.3. The molecular weight excluding hydrogens is 1240 g/mol. The average molecular weight is 1320 g/mol. The first-order valence-electron chi connectivity index (χ1n) is 27.9. The predicted molar refractivity (Wildman–Crippen MR) is 321 cm³/mol. The molecule has 0 radical (unpaired) electrons. The molecule has 41 nitrogen and oxygen atoms in total. The summed E-state index contributed by atoms with van der Waals surface area (Å²) >= 11 is 1.20. The highest BCUT2D eigenvalue weighted by Crippen LogP contribution is 2.10. The van der Waals surface area contributed by atoms with Gasteiger partial charge in [0.15, 0.2) is 23.9 Å². The fourth-order valence-corrected chi connectivity index (χ4v) is 8.12. The number of carboxylic acids is 4. The van der Waals surface area contributed by atoms with Gasteiger partial charge in [-0.25, -0.2) is 4.79 Å². The zero-order valence-electron chi connectivity index (χ0n) is 49.9. The maximum Gasteiger partial charge on any atom is 0.328 e. The third-order valence-corrected chi connectivity index (χ3v) is 13.0. The van der Waals surface area contributed by atoms with Crippen LogP contribution >= 0.6 is 11.8 Å². The monoisotopic (exact) mass is 1320 g/mol. The maximum atomic E-state index is 14.3. The van der Waals surface area contributed by atoms with Crippen molar-refractivity contribution in [2.75, 3.05) is 51.4 Å². The van der Waals surface area contributed by atoms with Crippen LogP contribution < -0.4 is 93.3 Å². The van der Waals surface area contributed by atoms with Crippen LogP contribution in [0.15, 0.2) is 15.0 Å². The Bertz CT molecular complexity index is 2590. The lowest BCUT2D eigenvalue weighted by Crippen LogP contribution is -2.61. The number of hydrogen-bond donors (Lipinski definition) is 24. The van der Waals surface area contributed by atoms with Gasteiger partial charge in [0.2, 0.25) is 59.1 Å². The number of amides is 10. The van der Waals surface area contributed by atoms with Crippen molar-refractivity contribution in [1.82, 2.24) is 53.2 Å². The second-order valence-corrected chi connectivity index (χ2v) is 20.9. The molecule has 0 unspecified atom stereocenters. The molecule has 0 aliphatic rings. The van der Waals surface area contributed by atoms with Gasteiger partial charge in [-0.05, 0) is 76.7 Å². The number of aliphatic hydroxyl groups excluding tert-OH is 3. The van der Waals surface area contributed by atoms with Crippen LogP contribution in [0.3, 0.4) is 0 Å². The van der Waals surface area contributed by atoms with E-state index in [1.165, 1.54) is 11.8 Å².